The van der Waals surface area contributed by atoms with Crippen molar-refractivity contribution in [1.82, 2.24) is 10.2 Å². The smallest absolute Gasteiger partial charge is 0.373 e. The van der Waals surface area contributed by atoms with E-state index in [4.69, 9.17) is 4.42 Å². The van der Waals surface area contributed by atoms with Crippen molar-refractivity contribution in [3.05, 3.63) is 53.7 Å². The monoisotopic (exact) mass is 408 g/mol. The Kier molecular flexibility index (Phi) is 6.04. The number of hydrogen-bond donors (Lipinski definition) is 2. The molecule has 0 spiro atoms. The maximum Gasteiger partial charge on any atom is 0.373 e. The van der Waals surface area contributed by atoms with Gasteiger partial charge in [-0.3, -0.25) is 5.32 Å². The summed E-state index contributed by atoms with van der Waals surface area (Å²) < 4.78 is 23.4. The Bertz CT molecular complexity index is 942. The molecule has 11 heteroatoms. The number of hydrogen-bond acceptors (Lipinski definition) is 8. The highest BCUT2D eigenvalue weighted by molar-refractivity contribution is 8.00. The second kappa shape index (κ2) is 8.64. The lowest BCUT2D eigenvalue weighted by molar-refractivity contribution is 0.0563. The summed E-state index contributed by atoms with van der Waals surface area (Å²) in [5, 5.41) is 13.3. The minimum absolute atomic E-state index is 0.130. The number of ether oxygens (including phenoxy) is 1. The molecule has 0 saturated heterocycles. The first kappa shape index (κ1) is 18.9. The van der Waals surface area contributed by atoms with Gasteiger partial charge in [0.25, 0.3) is 0 Å². The lowest BCUT2D eigenvalue weighted by atomic mass is 10.3. The fourth-order valence-electron chi connectivity index (χ4n) is 1.91. The molecule has 27 heavy (non-hydrogen) atoms. The minimum Gasteiger partial charge on any atom is -0.463 e. The van der Waals surface area contributed by atoms with Gasteiger partial charge < -0.3 is 14.5 Å². The topological polar surface area (TPSA) is 106 Å². The van der Waals surface area contributed by atoms with Crippen LogP contribution in [-0.2, 0) is 10.5 Å². The van der Waals surface area contributed by atoms with Gasteiger partial charge in [-0.15, -0.1) is 10.2 Å². The Balaban J connectivity index is 1.50. The van der Waals surface area contributed by atoms with E-state index in [0.29, 0.717) is 26.7 Å². The zero-order valence-corrected chi connectivity index (χ0v) is 15.5. The van der Waals surface area contributed by atoms with Crippen LogP contribution < -0.4 is 10.6 Å². The molecule has 0 aliphatic carbocycles. The molecule has 3 aromatic rings. The van der Waals surface area contributed by atoms with Gasteiger partial charge in [-0.25, -0.2) is 14.0 Å². The fourth-order valence-corrected chi connectivity index (χ4v) is 3.55. The molecule has 1 aromatic carbocycles. The van der Waals surface area contributed by atoms with Gasteiger partial charge in [-0.2, -0.15) is 0 Å². The Labute approximate surface area is 161 Å². The summed E-state index contributed by atoms with van der Waals surface area (Å²) >= 11 is 2.53. The molecule has 0 aliphatic heterocycles. The van der Waals surface area contributed by atoms with E-state index < -0.39 is 12.0 Å². The maximum atomic E-state index is 12.9. The predicted molar refractivity (Wildman–Crippen MR) is 98.6 cm³/mol. The molecule has 0 bridgehead atoms. The number of aromatic nitrogens is 2. The lowest BCUT2D eigenvalue weighted by Gasteiger charge is -2.04. The number of carbonyl (C=O) groups excluding carboxylic acids is 2. The fraction of sp³-hybridized carbons (Fsp3) is 0.125. The third-order valence-corrected chi connectivity index (χ3v) is 5.11. The van der Waals surface area contributed by atoms with E-state index in [1.165, 1.54) is 60.5 Å². The normalized spacial score (nSPS) is 10.4. The average Bonchev–Trinajstić information content (AvgIpc) is 3.30. The van der Waals surface area contributed by atoms with Crippen LogP contribution in [-0.4, -0.2) is 29.3 Å². The number of anilines is 2. The number of thioether (sulfide) groups is 1. The minimum atomic E-state index is -0.541. The zero-order chi connectivity index (χ0) is 19.2. The van der Waals surface area contributed by atoms with Crippen molar-refractivity contribution in [3.63, 3.8) is 0 Å². The summed E-state index contributed by atoms with van der Waals surface area (Å²) in [4.78, 5) is 23.3. The second-order valence-corrected chi connectivity index (χ2v) is 7.21. The van der Waals surface area contributed by atoms with Crippen LogP contribution in [0.5, 0.6) is 0 Å². The summed E-state index contributed by atoms with van der Waals surface area (Å²) in [6.45, 7) is 0. The van der Waals surface area contributed by atoms with Crippen molar-refractivity contribution >= 4 is 45.9 Å². The first-order valence-corrected chi connectivity index (χ1v) is 9.30. The first-order valence-electron chi connectivity index (χ1n) is 7.50. The van der Waals surface area contributed by atoms with Gasteiger partial charge in [-0.05, 0) is 36.4 Å². The molecule has 0 saturated carbocycles. The molecule has 0 aliphatic rings. The van der Waals surface area contributed by atoms with Crippen LogP contribution in [0.3, 0.4) is 0 Å². The zero-order valence-electron chi connectivity index (χ0n) is 13.9. The van der Waals surface area contributed by atoms with Crippen molar-refractivity contribution in [2.24, 2.45) is 0 Å². The highest BCUT2D eigenvalue weighted by Gasteiger charge is 2.13. The van der Waals surface area contributed by atoms with Crippen LogP contribution in [0.4, 0.5) is 20.0 Å². The number of benzene rings is 1. The lowest BCUT2D eigenvalue weighted by Crippen LogP contribution is -2.19. The molecular formula is C16H13FN4O4S2. The Hall–Kier alpha value is -2.92. The summed E-state index contributed by atoms with van der Waals surface area (Å²) in [6.07, 6.45) is 0. The number of carbonyl (C=O) groups is 2. The van der Waals surface area contributed by atoms with Gasteiger partial charge in [0.15, 0.2) is 4.34 Å². The highest BCUT2D eigenvalue weighted by atomic mass is 32.2. The molecule has 140 valence electrons. The number of halogens is 1. The first-order chi connectivity index (χ1) is 13.0. The molecule has 0 radical (unpaired) electrons. The van der Waals surface area contributed by atoms with Gasteiger partial charge in [0, 0.05) is 5.69 Å². The largest absolute Gasteiger partial charge is 0.463 e. The maximum absolute atomic E-state index is 12.9. The van der Waals surface area contributed by atoms with Gasteiger partial charge in [-0.1, -0.05) is 23.1 Å². The summed E-state index contributed by atoms with van der Waals surface area (Å²) in [6, 6.07) is 8.09. The van der Waals surface area contributed by atoms with Gasteiger partial charge in [0.1, 0.15) is 11.6 Å². The molecule has 3 rings (SSSR count). The summed E-state index contributed by atoms with van der Waals surface area (Å²) in [5.74, 6) is 0.222. The molecule has 2 heterocycles. The Morgan fingerprint density at radius 2 is 1.96 bits per heavy atom. The number of esters is 1. The molecule has 0 atom stereocenters. The number of nitrogens with one attached hydrogen (secondary N) is 2. The number of rotatable bonds is 6. The number of methoxy groups -OCH3 is 1. The van der Waals surface area contributed by atoms with E-state index in [1.54, 1.807) is 6.07 Å². The highest BCUT2D eigenvalue weighted by Crippen LogP contribution is 2.29. The number of urea groups is 1. The van der Waals surface area contributed by atoms with Crippen molar-refractivity contribution in [2.75, 3.05) is 17.7 Å². The number of amides is 2. The van der Waals surface area contributed by atoms with Gasteiger partial charge >= 0.3 is 12.0 Å². The van der Waals surface area contributed by atoms with E-state index in [0.717, 1.165) is 0 Å². The van der Waals surface area contributed by atoms with E-state index in [-0.39, 0.29) is 11.6 Å². The number of nitrogens with zero attached hydrogens (tertiary/aromatic N) is 2. The van der Waals surface area contributed by atoms with Crippen LogP contribution in [0.15, 0.2) is 45.2 Å². The molecule has 2 N–H and O–H groups in total. The van der Waals surface area contributed by atoms with Gasteiger partial charge in [0.05, 0.1) is 12.9 Å². The molecule has 2 amide bonds. The Morgan fingerprint density at radius 1 is 1.19 bits per heavy atom. The summed E-state index contributed by atoms with van der Waals surface area (Å²) in [7, 11) is 1.28. The van der Waals surface area contributed by atoms with E-state index in [1.807, 2.05) is 0 Å². The van der Waals surface area contributed by atoms with Crippen molar-refractivity contribution in [2.45, 2.75) is 10.1 Å². The third kappa shape index (κ3) is 5.28. The van der Waals surface area contributed by atoms with Crippen LogP contribution in [0.25, 0.3) is 0 Å². The van der Waals surface area contributed by atoms with Crippen LogP contribution >= 0.6 is 23.1 Å². The quantitative estimate of drug-likeness (QED) is 0.361. The van der Waals surface area contributed by atoms with E-state index in [2.05, 4.69) is 25.6 Å². The van der Waals surface area contributed by atoms with Crippen molar-refractivity contribution in [1.29, 1.82) is 0 Å². The molecular weight excluding hydrogens is 395 g/mol. The standard InChI is InChI=1S/C16H13FN4O4S2/c1-24-13(22)12-7-6-11(25-12)8-26-16-21-20-15(27-16)19-14(23)18-10-4-2-9(17)3-5-10/h2-7H,8H2,1H3,(H2,18,19,20,23). The van der Waals surface area contributed by atoms with Crippen LogP contribution in [0.2, 0.25) is 0 Å². The SMILES string of the molecule is COC(=O)c1ccc(CSc2nnc(NC(=O)Nc3ccc(F)cc3)s2)o1. The summed E-state index contributed by atoms with van der Waals surface area (Å²) in [5.41, 5.74) is 0.451. The van der Waals surface area contributed by atoms with E-state index in [9.17, 15) is 14.0 Å². The van der Waals surface area contributed by atoms with Crippen molar-refractivity contribution < 1.29 is 23.1 Å². The molecule has 0 fully saturated rings. The van der Waals surface area contributed by atoms with Gasteiger partial charge in [0.2, 0.25) is 10.9 Å². The molecule has 8 nitrogen and oxygen atoms in total. The molecule has 0 unspecified atom stereocenters. The van der Waals surface area contributed by atoms with Crippen LogP contribution in [0, 0.1) is 5.82 Å². The Morgan fingerprint density at radius 3 is 2.70 bits per heavy atom. The predicted octanol–water partition coefficient (Wildman–Crippen LogP) is 3.99. The van der Waals surface area contributed by atoms with Crippen LogP contribution in [0.1, 0.15) is 16.3 Å². The third-order valence-electron chi connectivity index (χ3n) is 3.12. The van der Waals surface area contributed by atoms with E-state index >= 15 is 0 Å². The number of furan rings is 1. The second-order valence-electron chi connectivity index (χ2n) is 5.01. The average molecular weight is 408 g/mol. The molecule has 2 aromatic heterocycles. The van der Waals surface area contributed by atoms with Crippen molar-refractivity contribution in [3.8, 4) is 0 Å².